The van der Waals surface area contributed by atoms with Crippen LogP contribution >= 0.6 is 0 Å². The van der Waals surface area contributed by atoms with Gasteiger partial charge in [0.15, 0.2) is 0 Å². The van der Waals surface area contributed by atoms with Crippen molar-refractivity contribution in [2.24, 2.45) is 0 Å². The molecule has 1 aromatic rings. The van der Waals surface area contributed by atoms with Gasteiger partial charge in [0.05, 0.1) is 18.2 Å². The van der Waals surface area contributed by atoms with Crippen molar-refractivity contribution >= 4 is 0 Å². The van der Waals surface area contributed by atoms with Crippen LogP contribution in [0.1, 0.15) is 39.2 Å². The maximum absolute atomic E-state index is 8.81. The first-order valence-corrected chi connectivity index (χ1v) is 7.04. The molecular formula is C16H24N2O. The van der Waals surface area contributed by atoms with Gasteiger partial charge in [-0.05, 0) is 51.4 Å². The quantitative estimate of drug-likeness (QED) is 0.672. The second-order valence-corrected chi connectivity index (χ2v) is 4.97. The van der Waals surface area contributed by atoms with E-state index in [0.29, 0.717) is 18.2 Å². The normalized spacial score (nSPS) is 10.7. The topological polar surface area (TPSA) is 36.3 Å². The molecule has 0 fully saturated rings. The van der Waals surface area contributed by atoms with E-state index in [1.165, 1.54) is 6.42 Å². The summed E-state index contributed by atoms with van der Waals surface area (Å²) in [6.07, 6.45) is 2.19. The zero-order chi connectivity index (χ0) is 14.1. The number of nitrogens with zero attached hydrogens (tertiary/aromatic N) is 2. The Kier molecular flexibility index (Phi) is 6.99. The minimum absolute atomic E-state index is 0.585. The van der Waals surface area contributed by atoms with Crippen LogP contribution in [0.3, 0.4) is 0 Å². The van der Waals surface area contributed by atoms with Gasteiger partial charge in [0, 0.05) is 12.6 Å². The van der Waals surface area contributed by atoms with E-state index in [-0.39, 0.29) is 0 Å². The molecule has 19 heavy (non-hydrogen) atoms. The maximum atomic E-state index is 8.81. The lowest BCUT2D eigenvalue weighted by atomic mass is 10.2. The summed E-state index contributed by atoms with van der Waals surface area (Å²) < 4.78 is 5.68. The number of rotatable bonds is 8. The lowest BCUT2D eigenvalue weighted by molar-refractivity contribution is 0.198. The predicted octanol–water partition coefficient (Wildman–Crippen LogP) is 3.45. The fourth-order valence-electron chi connectivity index (χ4n) is 2.03. The van der Waals surface area contributed by atoms with Crippen molar-refractivity contribution in [1.82, 2.24) is 4.90 Å². The van der Waals surface area contributed by atoms with E-state index in [4.69, 9.17) is 10.00 Å². The molecule has 0 amide bonds. The van der Waals surface area contributed by atoms with E-state index in [1.54, 1.807) is 12.1 Å². The summed E-state index contributed by atoms with van der Waals surface area (Å²) in [4.78, 5) is 2.47. The molecule has 1 rings (SSSR count). The van der Waals surface area contributed by atoms with Crippen LogP contribution < -0.4 is 4.74 Å². The molecule has 3 nitrogen and oxygen atoms in total. The van der Waals surface area contributed by atoms with Crippen molar-refractivity contribution in [2.45, 2.75) is 39.7 Å². The average Bonchev–Trinajstić information content (AvgIpc) is 2.42. The zero-order valence-corrected chi connectivity index (χ0v) is 12.2. The predicted molar refractivity (Wildman–Crippen MR) is 78.3 cm³/mol. The van der Waals surface area contributed by atoms with Crippen molar-refractivity contribution in [3.8, 4) is 11.8 Å². The lowest BCUT2D eigenvalue weighted by Crippen LogP contribution is -2.33. The minimum Gasteiger partial charge on any atom is -0.494 e. The molecule has 3 heteroatoms. The maximum Gasteiger partial charge on any atom is 0.120 e. The van der Waals surface area contributed by atoms with Crippen molar-refractivity contribution in [1.29, 1.82) is 5.26 Å². The molecule has 0 unspecified atom stereocenters. The van der Waals surface area contributed by atoms with Crippen molar-refractivity contribution in [3.63, 3.8) is 0 Å². The van der Waals surface area contributed by atoms with Crippen LogP contribution in [-0.4, -0.2) is 30.6 Å². The van der Waals surface area contributed by atoms with Crippen molar-refractivity contribution < 1.29 is 4.74 Å². The molecular weight excluding hydrogens is 236 g/mol. The molecule has 104 valence electrons. The average molecular weight is 260 g/mol. The summed E-state index contributed by atoms with van der Waals surface area (Å²) in [6.45, 7) is 9.56. The molecule has 0 aliphatic rings. The van der Waals surface area contributed by atoms with Crippen LogP contribution in [0, 0.1) is 11.3 Å². The van der Waals surface area contributed by atoms with Crippen LogP contribution in [0.15, 0.2) is 24.3 Å². The molecule has 0 heterocycles. The smallest absolute Gasteiger partial charge is 0.120 e. The molecule has 0 spiro atoms. The van der Waals surface area contributed by atoms with E-state index in [2.05, 4.69) is 31.7 Å². The molecule has 0 radical (unpaired) electrons. The first-order valence-electron chi connectivity index (χ1n) is 7.04. The van der Waals surface area contributed by atoms with E-state index < -0.39 is 0 Å². The van der Waals surface area contributed by atoms with E-state index in [1.807, 2.05) is 12.1 Å². The number of nitriles is 1. The van der Waals surface area contributed by atoms with Gasteiger partial charge >= 0.3 is 0 Å². The van der Waals surface area contributed by atoms with Gasteiger partial charge < -0.3 is 9.64 Å². The first-order chi connectivity index (χ1) is 9.17. The summed E-state index contributed by atoms with van der Waals surface area (Å²) in [6, 6.07) is 10.0. The molecule has 0 saturated carbocycles. The molecule has 0 aromatic heterocycles. The summed E-state index contributed by atoms with van der Waals surface area (Å²) in [5, 5.41) is 8.81. The van der Waals surface area contributed by atoms with E-state index in [0.717, 1.165) is 25.3 Å². The van der Waals surface area contributed by atoms with Gasteiger partial charge in [-0.25, -0.2) is 0 Å². The Hall–Kier alpha value is -1.53. The van der Waals surface area contributed by atoms with Crippen molar-refractivity contribution in [2.75, 3.05) is 19.7 Å². The van der Waals surface area contributed by atoms with Crippen LogP contribution in [0.25, 0.3) is 0 Å². The number of hydrogen-bond donors (Lipinski definition) is 0. The SMILES string of the molecule is CCCN(CCCOc1cccc(C#N)c1)C(C)C. The third kappa shape index (κ3) is 5.76. The molecule has 0 atom stereocenters. The standard InChI is InChI=1S/C16H24N2O/c1-4-9-18(14(2)3)10-6-11-19-16-8-5-7-15(12-16)13-17/h5,7-8,12,14H,4,6,9-11H2,1-3H3. The monoisotopic (exact) mass is 260 g/mol. The van der Waals surface area contributed by atoms with E-state index >= 15 is 0 Å². The molecule has 0 bridgehead atoms. The van der Waals surface area contributed by atoms with Crippen LogP contribution in [0.4, 0.5) is 0 Å². The van der Waals surface area contributed by atoms with E-state index in [9.17, 15) is 0 Å². The second kappa shape index (κ2) is 8.55. The third-order valence-corrected chi connectivity index (χ3v) is 3.06. The molecule has 0 N–H and O–H groups in total. The Morgan fingerprint density at radius 2 is 2.11 bits per heavy atom. The molecule has 1 aromatic carbocycles. The summed E-state index contributed by atoms with van der Waals surface area (Å²) in [5.74, 6) is 0.783. The highest BCUT2D eigenvalue weighted by atomic mass is 16.5. The zero-order valence-electron chi connectivity index (χ0n) is 12.2. The molecule has 0 saturated heterocycles. The number of hydrogen-bond acceptors (Lipinski definition) is 3. The number of benzene rings is 1. The Labute approximate surface area is 116 Å². The lowest BCUT2D eigenvalue weighted by Gasteiger charge is -2.25. The largest absolute Gasteiger partial charge is 0.494 e. The Morgan fingerprint density at radius 1 is 1.32 bits per heavy atom. The van der Waals surface area contributed by atoms with Gasteiger partial charge in [-0.3, -0.25) is 0 Å². The van der Waals surface area contributed by atoms with Gasteiger partial charge in [0.25, 0.3) is 0 Å². The molecule has 0 aliphatic heterocycles. The fraction of sp³-hybridized carbons (Fsp3) is 0.562. The van der Waals surface area contributed by atoms with Crippen LogP contribution in [-0.2, 0) is 0 Å². The minimum atomic E-state index is 0.585. The second-order valence-electron chi connectivity index (χ2n) is 4.97. The van der Waals surface area contributed by atoms with Gasteiger partial charge in [-0.1, -0.05) is 13.0 Å². The summed E-state index contributed by atoms with van der Waals surface area (Å²) >= 11 is 0. The van der Waals surface area contributed by atoms with Gasteiger partial charge in [-0.2, -0.15) is 5.26 Å². The number of ether oxygens (including phenoxy) is 1. The summed E-state index contributed by atoms with van der Waals surface area (Å²) in [5.41, 5.74) is 0.646. The molecule has 0 aliphatic carbocycles. The van der Waals surface area contributed by atoms with Gasteiger partial charge in [0.1, 0.15) is 5.75 Å². The van der Waals surface area contributed by atoms with Crippen molar-refractivity contribution in [3.05, 3.63) is 29.8 Å². The van der Waals surface area contributed by atoms with Gasteiger partial charge in [-0.15, -0.1) is 0 Å². The highest BCUT2D eigenvalue weighted by Gasteiger charge is 2.07. The Morgan fingerprint density at radius 3 is 2.74 bits per heavy atom. The Bertz CT molecular complexity index is 409. The van der Waals surface area contributed by atoms with Crippen LogP contribution in [0.5, 0.6) is 5.75 Å². The fourth-order valence-corrected chi connectivity index (χ4v) is 2.03. The highest BCUT2D eigenvalue weighted by Crippen LogP contribution is 2.12. The summed E-state index contributed by atoms with van der Waals surface area (Å²) in [7, 11) is 0. The third-order valence-electron chi connectivity index (χ3n) is 3.06. The van der Waals surface area contributed by atoms with Crippen LogP contribution in [0.2, 0.25) is 0 Å². The Balaban J connectivity index is 2.31. The highest BCUT2D eigenvalue weighted by molar-refractivity contribution is 5.36. The first kappa shape index (κ1) is 15.5. The van der Waals surface area contributed by atoms with Gasteiger partial charge in [0.2, 0.25) is 0 Å².